The first-order chi connectivity index (χ1) is 10.3. The van der Waals surface area contributed by atoms with Gasteiger partial charge in [0.05, 0.1) is 11.9 Å². The van der Waals surface area contributed by atoms with Gasteiger partial charge in [-0.3, -0.25) is 10.4 Å². The number of hydrogen-bond acceptors (Lipinski definition) is 3. The highest BCUT2D eigenvalue weighted by Gasteiger charge is 2.09. The van der Waals surface area contributed by atoms with E-state index < -0.39 is 6.03 Å². The lowest BCUT2D eigenvalue weighted by Gasteiger charge is -2.09. The molecule has 2 amide bonds. The number of nitrogens with one attached hydrogen (secondary N) is 3. The molecule has 1 heterocycles. The summed E-state index contributed by atoms with van der Waals surface area (Å²) in [6.07, 6.45) is 1.35. The minimum atomic E-state index is -0.438. The minimum Gasteiger partial charge on any atom is -0.307 e. The first kappa shape index (κ1) is 12.7. The van der Waals surface area contributed by atoms with E-state index in [1.165, 1.54) is 6.20 Å². The molecule has 0 saturated heterocycles. The summed E-state index contributed by atoms with van der Waals surface area (Å²) >= 11 is 0. The summed E-state index contributed by atoms with van der Waals surface area (Å²) in [7, 11) is 0. The van der Waals surface area contributed by atoms with Crippen LogP contribution in [-0.2, 0) is 0 Å². The summed E-state index contributed by atoms with van der Waals surface area (Å²) in [6, 6.07) is 14.9. The predicted molar refractivity (Wildman–Crippen MR) is 79.9 cm³/mol. The number of carbonyl (C=O) groups excluding carboxylic acids is 1. The third-order valence-corrected chi connectivity index (χ3v) is 3.04. The van der Waals surface area contributed by atoms with Gasteiger partial charge in [0.15, 0.2) is 0 Å². The average molecular weight is 277 g/mol. The molecule has 102 valence electrons. The quantitative estimate of drug-likeness (QED) is 0.672. The van der Waals surface area contributed by atoms with Crippen LogP contribution in [0.15, 0.2) is 48.7 Å². The number of urea groups is 1. The fraction of sp³-hybridized carbons (Fsp3) is 0. The molecule has 1 aromatic heterocycles. The Kier molecular flexibility index (Phi) is 3.23. The molecule has 0 aliphatic rings. The summed E-state index contributed by atoms with van der Waals surface area (Å²) in [5.74, 6) is 0.273. The van der Waals surface area contributed by atoms with Crippen molar-refractivity contribution >= 4 is 28.3 Å². The number of anilines is 2. The van der Waals surface area contributed by atoms with Crippen LogP contribution < -0.4 is 10.6 Å². The van der Waals surface area contributed by atoms with Crippen LogP contribution in [0.1, 0.15) is 5.56 Å². The predicted octanol–water partition coefficient (Wildman–Crippen LogP) is 3.08. The lowest BCUT2D eigenvalue weighted by molar-refractivity contribution is 0.262. The van der Waals surface area contributed by atoms with Crippen LogP contribution in [0.2, 0.25) is 0 Å². The maximum atomic E-state index is 12.0. The number of fused-ring (bicyclic) bond motifs is 1. The highest BCUT2D eigenvalue weighted by atomic mass is 16.2. The third kappa shape index (κ3) is 2.53. The molecule has 21 heavy (non-hydrogen) atoms. The topological polar surface area (TPSA) is 93.6 Å². The number of amides is 2. The molecule has 0 bridgehead atoms. The van der Waals surface area contributed by atoms with E-state index in [-0.39, 0.29) is 11.4 Å². The first-order valence-electron chi connectivity index (χ1n) is 6.27. The van der Waals surface area contributed by atoms with E-state index >= 15 is 0 Å². The number of nitrogens with zero attached hydrogens (tertiary/aromatic N) is 2. The number of hydrogen-bond donors (Lipinski definition) is 3. The molecule has 0 radical (unpaired) electrons. The highest BCUT2D eigenvalue weighted by molar-refractivity contribution is 6.06. The van der Waals surface area contributed by atoms with Crippen LogP contribution >= 0.6 is 0 Å². The van der Waals surface area contributed by atoms with Gasteiger partial charge in [0.1, 0.15) is 17.5 Å². The minimum absolute atomic E-state index is 0.273. The summed E-state index contributed by atoms with van der Waals surface area (Å²) < 4.78 is 0. The molecule has 0 aliphatic heterocycles. The van der Waals surface area contributed by atoms with Crippen LogP contribution in [0.3, 0.4) is 0 Å². The fourth-order valence-corrected chi connectivity index (χ4v) is 2.07. The molecule has 0 fully saturated rings. The van der Waals surface area contributed by atoms with Crippen molar-refractivity contribution in [3.05, 3.63) is 54.2 Å². The van der Waals surface area contributed by atoms with Gasteiger partial charge in [0.25, 0.3) is 0 Å². The Morgan fingerprint density at radius 3 is 2.81 bits per heavy atom. The van der Waals surface area contributed by atoms with Gasteiger partial charge in [-0.2, -0.15) is 10.4 Å². The van der Waals surface area contributed by atoms with Gasteiger partial charge in [-0.15, -0.1) is 0 Å². The van der Waals surface area contributed by atoms with Crippen LogP contribution in [0.4, 0.5) is 16.3 Å². The SMILES string of the molecule is N#Cc1cn[nH]c1NC(=O)Nc1cccc2ccccc12. The Morgan fingerprint density at radius 2 is 1.95 bits per heavy atom. The van der Waals surface area contributed by atoms with E-state index in [0.29, 0.717) is 5.69 Å². The van der Waals surface area contributed by atoms with Crippen molar-refractivity contribution in [2.75, 3.05) is 10.6 Å². The standard InChI is InChI=1S/C15H11N5O/c16-8-11-9-17-20-14(11)19-15(21)18-13-7-3-5-10-4-1-2-6-12(10)13/h1-7,9H,(H3,17,18,19,20,21). The maximum absolute atomic E-state index is 12.0. The lowest BCUT2D eigenvalue weighted by Crippen LogP contribution is -2.20. The van der Waals surface area contributed by atoms with Gasteiger partial charge < -0.3 is 5.32 Å². The molecule has 0 spiro atoms. The fourth-order valence-electron chi connectivity index (χ4n) is 2.07. The largest absolute Gasteiger partial charge is 0.324 e. The summed E-state index contributed by atoms with van der Waals surface area (Å²) in [6.45, 7) is 0. The van der Waals surface area contributed by atoms with Gasteiger partial charge >= 0.3 is 6.03 Å². The molecular weight excluding hydrogens is 266 g/mol. The molecule has 6 nitrogen and oxygen atoms in total. The van der Waals surface area contributed by atoms with Crippen molar-refractivity contribution < 1.29 is 4.79 Å². The molecule has 0 saturated carbocycles. The molecule has 3 rings (SSSR count). The van der Waals surface area contributed by atoms with E-state index in [2.05, 4.69) is 20.8 Å². The number of benzene rings is 2. The molecule has 2 aromatic carbocycles. The smallest absolute Gasteiger partial charge is 0.307 e. The zero-order valence-corrected chi connectivity index (χ0v) is 10.9. The Labute approximate surface area is 120 Å². The summed E-state index contributed by atoms with van der Waals surface area (Å²) in [5.41, 5.74) is 0.978. The Bertz CT molecular complexity index is 841. The van der Waals surface area contributed by atoms with Crippen molar-refractivity contribution in [3.63, 3.8) is 0 Å². The Hall–Kier alpha value is -3.33. The summed E-state index contributed by atoms with van der Waals surface area (Å²) in [5, 5.41) is 22.5. The second-order valence-electron chi connectivity index (χ2n) is 4.38. The van der Waals surface area contributed by atoms with E-state index in [1.54, 1.807) is 0 Å². The molecular formula is C15H11N5O. The highest BCUT2D eigenvalue weighted by Crippen LogP contribution is 2.23. The molecule has 6 heteroatoms. The second kappa shape index (κ2) is 5.35. The van der Waals surface area contributed by atoms with Crippen molar-refractivity contribution in [2.45, 2.75) is 0 Å². The molecule has 0 atom stereocenters. The molecule has 3 N–H and O–H groups in total. The third-order valence-electron chi connectivity index (χ3n) is 3.04. The van der Waals surface area contributed by atoms with Crippen molar-refractivity contribution in [1.29, 1.82) is 5.26 Å². The lowest BCUT2D eigenvalue weighted by atomic mass is 10.1. The van der Waals surface area contributed by atoms with Crippen molar-refractivity contribution in [3.8, 4) is 6.07 Å². The van der Waals surface area contributed by atoms with Crippen LogP contribution in [0.25, 0.3) is 10.8 Å². The number of H-pyrrole nitrogens is 1. The van der Waals surface area contributed by atoms with Crippen LogP contribution in [-0.4, -0.2) is 16.2 Å². The summed E-state index contributed by atoms with van der Waals surface area (Å²) in [4.78, 5) is 12.0. The maximum Gasteiger partial charge on any atom is 0.324 e. The zero-order valence-electron chi connectivity index (χ0n) is 10.9. The number of rotatable bonds is 2. The average Bonchev–Trinajstić information content (AvgIpc) is 2.94. The van der Waals surface area contributed by atoms with Crippen molar-refractivity contribution in [2.24, 2.45) is 0 Å². The van der Waals surface area contributed by atoms with E-state index in [1.807, 2.05) is 48.5 Å². The van der Waals surface area contributed by atoms with E-state index in [0.717, 1.165) is 10.8 Å². The number of aromatic nitrogens is 2. The number of aromatic amines is 1. The Morgan fingerprint density at radius 1 is 1.14 bits per heavy atom. The van der Waals surface area contributed by atoms with Gasteiger partial charge in [-0.1, -0.05) is 36.4 Å². The normalized spacial score (nSPS) is 10.0. The number of nitriles is 1. The molecule has 0 unspecified atom stereocenters. The van der Waals surface area contributed by atoms with Crippen LogP contribution in [0, 0.1) is 11.3 Å². The monoisotopic (exact) mass is 277 g/mol. The van der Waals surface area contributed by atoms with E-state index in [4.69, 9.17) is 5.26 Å². The first-order valence-corrected chi connectivity index (χ1v) is 6.27. The molecule has 3 aromatic rings. The Balaban J connectivity index is 1.83. The van der Waals surface area contributed by atoms with Gasteiger partial charge in [0, 0.05) is 5.39 Å². The van der Waals surface area contributed by atoms with Gasteiger partial charge in [-0.25, -0.2) is 4.79 Å². The second-order valence-corrected chi connectivity index (χ2v) is 4.38. The number of carbonyl (C=O) groups is 1. The van der Waals surface area contributed by atoms with E-state index in [9.17, 15) is 4.79 Å². The van der Waals surface area contributed by atoms with Gasteiger partial charge in [0.2, 0.25) is 0 Å². The van der Waals surface area contributed by atoms with Crippen molar-refractivity contribution in [1.82, 2.24) is 10.2 Å². The zero-order chi connectivity index (χ0) is 14.7. The van der Waals surface area contributed by atoms with Gasteiger partial charge in [-0.05, 0) is 11.5 Å². The van der Waals surface area contributed by atoms with Crippen LogP contribution in [0.5, 0.6) is 0 Å². The molecule has 0 aliphatic carbocycles.